The average molecular weight is 372 g/mol. The highest BCUT2D eigenvalue weighted by Crippen LogP contribution is 2.25. The number of carbonyl (C=O) groups excluding carboxylic acids is 1. The van der Waals surface area contributed by atoms with Crippen LogP contribution in [0.2, 0.25) is 0 Å². The average Bonchev–Trinajstić information content (AvgIpc) is 3.18. The van der Waals surface area contributed by atoms with Gasteiger partial charge >= 0.3 is 0 Å². The summed E-state index contributed by atoms with van der Waals surface area (Å²) >= 11 is 1.60. The van der Waals surface area contributed by atoms with Gasteiger partial charge in [0.2, 0.25) is 5.91 Å². The lowest BCUT2D eigenvalue weighted by Gasteiger charge is -2.35. The molecule has 2 atom stereocenters. The topological polar surface area (TPSA) is 59.6 Å². The molecule has 3 aromatic rings. The zero-order chi connectivity index (χ0) is 18.4. The number of piperidine rings is 1. The van der Waals surface area contributed by atoms with Crippen LogP contribution in [-0.2, 0) is 17.8 Å². The van der Waals surface area contributed by atoms with Crippen molar-refractivity contribution in [3.63, 3.8) is 0 Å². The van der Waals surface area contributed by atoms with Gasteiger partial charge in [0.25, 0.3) is 5.56 Å². The van der Waals surface area contributed by atoms with E-state index in [0.29, 0.717) is 23.8 Å². The van der Waals surface area contributed by atoms with Crippen molar-refractivity contribution in [2.24, 2.45) is 11.8 Å². The van der Waals surface area contributed by atoms with Crippen LogP contribution in [0.15, 0.2) is 22.3 Å². The molecular weight excluding hydrogens is 348 g/mol. The van der Waals surface area contributed by atoms with E-state index in [1.54, 1.807) is 11.3 Å². The minimum Gasteiger partial charge on any atom is -0.341 e. The van der Waals surface area contributed by atoms with Gasteiger partial charge in [0.05, 0.1) is 0 Å². The number of nitrogens with zero attached hydrogens (tertiary/aromatic N) is 4. The van der Waals surface area contributed by atoms with E-state index in [9.17, 15) is 9.59 Å². The number of rotatable bonds is 3. The summed E-state index contributed by atoms with van der Waals surface area (Å²) in [4.78, 5) is 28.6. The summed E-state index contributed by atoms with van der Waals surface area (Å²) in [5.74, 6) is 1.79. The molecule has 4 rings (SSSR count). The number of likely N-dealkylation sites (tertiary alicyclic amines) is 1. The van der Waals surface area contributed by atoms with E-state index in [1.165, 1.54) is 4.68 Å². The first kappa shape index (κ1) is 17.3. The standard InChI is InChI=1S/C19H24N4O2S/c1-4-16-20-22(11-17(24)21-9-12(2)7-13(3)10-21)18(25)15-8-14-5-6-26-19(14)23(15)16/h5-6,8,12-13H,4,7,9-11H2,1-3H3/t12-,13-/m0/s1. The third kappa shape index (κ3) is 2.84. The molecule has 1 aliphatic rings. The molecule has 7 heteroatoms. The lowest BCUT2D eigenvalue weighted by Crippen LogP contribution is -2.45. The Morgan fingerprint density at radius 1 is 1.31 bits per heavy atom. The van der Waals surface area contributed by atoms with Gasteiger partial charge in [-0.3, -0.25) is 14.0 Å². The summed E-state index contributed by atoms with van der Waals surface area (Å²) in [6.45, 7) is 7.92. The van der Waals surface area contributed by atoms with Crippen LogP contribution >= 0.6 is 11.3 Å². The monoisotopic (exact) mass is 372 g/mol. The van der Waals surface area contributed by atoms with E-state index in [2.05, 4.69) is 18.9 Å². The molecule has 1 amide bonds. The molecule has 0 bridgehead atoms. The number of aryl methyl sites for hydroxylation is 1. The van der Waals surface area contributed by atoms with Gasteiger partial charge in [0, 0.05) is 24.9 Å². The van der Waals surface area contributed by atoms with E-state index >= 15 is 0 Å². The van der Waals surface area contributed by atoms with E-state index in [1.807, 2.05) is 33.7 Å². The van der Waals surface area contributed by atoms with Crippen molar-refractivity contribution in [2.45, 2.75) is 40.2 Å². The maximum Gasteiger partial charge on any atom is 0.291 e. The van der Waals surface area contributed by atoms with Crippen LogP contribution in [0.4, 0.5) is 0 Å². The molecule has 138 valence electrons. The number of thiophene rings is 1. The molecule has 0 saturated carbocycles. The number of fused-ring (bicyclic) bond motifs is 3. The summed E-state index contributed by atoms with van der Waals surface area (Å²) in [5.41, 5.74) is 0.406. The van der Waals surface area contributed by atoms with Crippen LogP contribution in [0, 0.1) is 11.8 Å². The van der Waals surface area contributed by atoms with Crippen LogP contribution in [0.1, 0.15) is 33.0 Å². The lowest BCUT2D eigenvalue weighted by molar-refractivity contribution is -0.134. The van der Waals surface area contributed by atoms with Gasteiger partial charge in [-0.05, 0) is 35.8 Å². The molecule has 0 aliphatic carbocycles. The Kier molecular flexibility index (Phi) is 4.34. The second kappa shape index (κ2) is 6.54. The maximum atomic E-state index is 12.9. The third-order valence-corrected chi connectivity index (χ3v) is 6.09. The van der Waals surface area contributed by atoms with E-state index < -0.39 is 0 Å². The van der Waals surface area contributed by atoms with E-state index in [4.69, 9.17) is 0 Å². The second-order valence-electron chi connectivity index (χ2n) is 7.52. The molecule has 6 nitrogen and oxygen atoms in total. The van der Waals surface area contributed by atoms with Crippen molar-refractivity contribution in [3.8, 4) is 0 Å². The van der Waals surface area contributed by atoms with Gasteiger partial charge < -0.3 is 4.90 Å². The molecule has 0 N–H and O–H groups in total. The van der Waals surface area contributed by atoms with Crippen molar-refractivity contribution in [3.05, 3.63) is 33.7 Å². The van der Waals surface area contributed by atoms with Gasteiger partial charge in [-0.1, -0.05) is 20.8 Å². The first-order valence-corrected chi connectivity index (χ1v) is 10.1. The quantitative estimate of drug-likeness (QED) is 0.710. The largest absolute Gasteiger partial charge is 0.341 e. The number of aromatic nitrogens is 3. The van der Waals surface area contributed by atoms with Gasteiger partial charge in [0.1, 0.15) is 22.7 Å². The Labute approximate surface area is 156 Å². The zero-order valence-corrected chi connectivity index (χ0v) is 16.3. The number of hydrogen-bond acceptors (Lipinski definition) is 4. The van der Waals surface area contributed by atoms with E-state index in [0.717, 1.165) is 35.6 Å². The van der Waals surface area contributed by atoms with Gasteiger partial charge in [0.15, 0.2) is 0 Å². The summed E-state index contributed by atoms with van der Waals surface area (Å²) in [7, 11) is 0. The Balaban J connectivity index is 1.71. The van der Waals surface area contributed by atoms with E-state index in [-0.39, 0.29) is 18.0 Å². The molecule has 26 heavy (non-hydrogen) atoms. The van der Waals surface area contributed by atoms with Crippen LogP contribution in [0.3, 0.4) is 0 Å². The summed E-state index contributed by atoms with van der Waals surface area (Å²) in [6, 6.07) is 3.92. The molecule has 4 heterocycles. The summed E-state index contributed by atoms with van der Waals surface area (Å²) in [6.07, 6.45) is 1.85. The normalized spacial score (nSPS) is 21.0. The van der Waals surface area contributed by atoms with Crippen LogP contribution < -0.4 is 5.56 Å². The minimum atomic E-state index is -0.197. The van der Waals surface area contributed by atoms with Crippen LogP contribution in [0.5, 0.6) is 0 Å². The molecule has 3 aromatic heterocycles. The van der Waals surface area contributed by atoms with Crippen LogP contribution in [0.25, 0.3) is 15.7 Å². The van der Waals surface area contributed by atoms with Crippen molar-refractivity contribution in [1.82, 2.24) is 19.1 Å². The smallest absolute Gasteiger partial charge is 0.291 e. The fourth-order valence-corrected chi connectivity index (χ4v) is 5.05. The molecule has 1 saturated heterocycles. The van der Waals surface area contributed by atoms with Crippen molar-refractivity contribution in [1.29, 1.82) is 0 Å². The first-order chi connectivity index (χ1) is 12.5. The number of carbonyl (C=O) groups is 1. The molecule has 0 spiro atoms. The van der Waals surface area contributed by atoms with Gasteiger partial charge in [-0.15, -0.1) is 11.3 Å². The van der Waals surface area contributed by atoms with Gasteiger partial charge in [-0.2, -0.15) is 5.10 Å². The maximum absolute atomic E-state index is 12.9. The van der Waals surface area contributed by atoms with Gasteiger partial charge in [-0.25, -0.2) is 4.68 Å². The highest BCUT2D eigenvalue weighted by molar-refractivity contribution is 7.16. The molecular formula is C19H24N4O2S. The SMILES string of the molecule is CCc1nn(CC(=O)N2C[C@@H](C)C[C@H](C)C2)c(=O)c2cc3ccsc3n12. The summed E-state index contributed by atoms with van der Waals surface area (Å²) in [5, 5.41) is 7.59. The molecule has 0 unspecified atom stereocenters. The third-order valence-electron chi connectivity index (χ3n) is 5.18. The highest BCUT2D eigenvalue weighted by atomic mass is 32.1. The molecule has 1 fully saturated rings. The Morgan fingerprint density at radius 3 is 2.73 bits per heavy atom. The Morgan fingerprint density at radius 2 is 2.04 bits per heavy atom. The lowest BCUT2D eigenvalue weighted by atomic mass is 9.92. The second-order valence-corrected chi connectivity index (χ2v) is 8.42. The Bertz CT molecular complexity index is 1020. The number of amides is 1. The Hall–Kier alpha value is -2.15. The van der Waals surface area contributed by atoms with Crippen molar-refractivity contribution >= 4 is 33.0 Å². The fraction of sp³-hybridized carbons (Fsp3) is 0.526. The molecule has 0 aromatic carbocycles. The first-order valence-electron chi connectivity index (χ1n) is 9.24. The predicted molar refractivity (Wildman–Crippen MR) is 104 cm³/mol. The molecule has 1 aliphatic heterocycles. The summed E-state index contributed by atoms with van der Waals surface area (Å²) < 4.78 is 3.29. The minimum absolute atomic E-state index is 0.0145. The highest BCUT2D eigenvalue weighted by Gasteiger charge is 2.26. The predicted octanol–water partition coefficient (Wildman–Crippen LogP) is 2.78. The molecule has 0 radical (unpaired) electrons. The number of hydrogen-bond donors (Lipinski definition) is 0. The zero-order valence-electron chi connectivity index (χ0n) is 15.4. The fourth-order valence-electron chi connectivity index (χ4n) is 4.13. The van der Waals surface area contributed by atoms with Crippen molar-refractivity contribution < 1.29 is 4.79 Å². The van der Waals surface area contributed by atoms with Crippen molar-refractivity contribution in [2.75, 3.05) is 13.1 Å². The van der Waals surface area contributed by atoms with Crippen LogP contribution in [-0.4, -0.2) is 38.1 Å².